The minimum atomic E-state index is 0.120. The Labute approximate surface area is 123 Å². The third-order valence-corrected chi connectivity index (χ3v) is 3.38. The molecule has 0 bridgehead atoms. The summed E-state index contributed by atoms with van der Waals surface area (Å²) in [5.41, 5.74) is 1.85. The Morgan fingerprint density at radius 3 is 2.62 bits per heavy atom. The molecule has 0 spiro atoms. The third kappa shape index (κ3) is 2.76. The van der Waals surface area contributed by atoms with Crippen LogP contribution in [0, 0.1) is 0 Å². The van der Waals surface area contributed by atoms with Gasteiger partial charge in [-0.25, -0.2) is 15.0 Å². The number of hydrogen-bond acceptors (Lipinski definition) is 5. The zero-order valence-corrected chi connectivity index (χ0v) is 11.9. The van der Waals surface area contributed by atoms with E-state index in [1.165, 1.54) is 6.33 Å². The monoisotopic (exact) mass is 280 g/mol. The van der Waals surface area contributed by atoms with Crippen molar-refractivity contribution in [2.24, 2.45) is 0 Å². The number of ether oxygens (including phenoxy) is 1. The first-order valence-electron chi connectivity index (χ1n) is 6.74. The molecule has 3 aromatic rings. The highest BCUT2D eigenvalue weighted by Crippen LogP contribution is 2.24. The molecule has 0 saturated carbocycles. The Hall–Kier alpha value is -2.69. The molecule has 3 rings (SSSR count). The fraction of sp³-hybridized carbons (Fsp3) is 0.188. The number of hydrogen-bond donors (Lipinski definition) is 1. The molecule has 0 saturated heterocycles. The highest BCUT2D eigenvalue weighted by molar-refractivity contribution is 5.85. The van der Waals surface area contributed by atoms with Crippen molar-refractivity contribution in [3.05, 3.63) is 54.5 Å². The van der Waals surface area contributed by atoms with Gasteiger partial charge in [0.2, 0.25) is 0 Å². The maximum Gasteiger partial charge on any atom is 0.164 e. The van der Waals surface area contributed by atoms with Crippen LogP contribution in [0.15, 0.2) is 48.9 Å². The minimum absolute atomic E-state index is 0.120. The highest BCUT2D eigenvalue weighted by Gasteiger charge is 2.09. The molecule has 0 radical (unpaired) electrons. The first-order chi connectivity index (χ1) is 10.3. The van der Waals surface area contributed by atoms with Gasteiger partial charge in [0, 0.05) is 12.2 Å². The number of rotatable bonds is 4. The molecule has 0 amide bonds. The normalized spacial score (nSPS) is 12.1. The lowest BCUT2D eigenvalue weighted by molar-refractivity contribution is 0.414. The van der Waals surface area contributed by atoms with E-state index in [1.54, 1.807) is 13.3 Å². The number of pyridine rings is 1. The summed E-state index contributed by atoms with van der Waals surface area (Å²) >= 11 is 0. The smallest absolute Gasteiger partial charge is 0.164 e. The first-order valence-corrected chi connectivity index (χ1v) is 6.74. The van der Waals surface area contributed by atoms with Crippen LogP contribution < -0.4 is 10.1 Å². The van der Waals surface area contributed by atoms with Crippen molar-refractivity contribution in [3.63, 3.8) is 0 Å². The Morgan fingerprint density at radius 2 is 1.86 bits per heavy atom. The summed E-state index contributed by atoms with van der Waals surface area (Å²) in [4.78, 5) is 12.7. The molecule has 2 aromatic heterocycles. The number of fused-ring (bicyclic) bond motifs is 1. The van der Waals surface area contributed by atoms with E-state index in [2.05, 4.69) is 27.2 Å². The predicted octanol–water partition coefficient (Wildman–Crippen LogP) is 3.21. The van der Waals surface area contributed by atoms with Gasteiger partial charge in [-0.05, 0) is 36.8 Å². The van der Waals surface area contributed by atoms with Gasteiger partial charge in [-0.15, -0.1) is 0 Å². The van der Waals surface area contributed by atoms with E-state index in [4.69, 9.17) is 4.74 Å². The van der Waals surface area contributed by atoms with Gasteiger partial charge in [0.15, 0.2) is 5.65 Å². The standard InChI is InChI=1S/C16H16N4O/c1-11(12-5-7-13(21-2)8-6-12)20-16-14-4-3-9-17-15(14)18-10-19-16/h3-11H,1-2H3,(H,17,18,19,20). The summed E-state index contributed by atoms with van der Waals surface area (Å²) in [7, 11) is 1.66. The second kappa shape index (κ2) is 5.75. The first kappa shape index (κ1) is 13.3. The van der Waals surface area contributed by atoms with Gasteiger partial charge in [0.25, 0.3) is 0 Å². The topological polar surface area (TPSA) is 59.9 Å². The highest BCUT2D eigenvalue weighted by atomic mass is 16.5. The lowest BCUT2D eigenvalue weighted by atomic mass is 10.1. The van der Waals surface area contributed by atoms with E-state index in [0.717, 1.165) is 22.5 Å². The fourth-order valence-corrected chi connectivity index (χ4v) is 2.19. The lowest BCUT2D eigenvalue weighted by Crippen LogP contribution is -2.08. The quantitative estimate of drug-likeness (QED) is 0.795. The van der Waals surface area contributed by atoms with E-state index in [9.17, 15) is 0 Å². The molecule has 0 fully saturated rings. The van der Waals surface area contributed by atoms with E-state index in [1.807, 2.05) is 36.4 Å². The molecule has 1 N–H and O–H groups in total. The molecule has 0 aliphatic carbocycles. The summed E-state index contributed by atoms with van der Waals surface area (Å²) in [5.74, 6) is 1.64. The second-order valence-electron chi connectivity index (χ2n) is 4.74. The van der Waals surface area contributed by atoms with Gasteiger partial charge in [0.1, 0.15) is 17.9 Å². The van der Waals surface area contributed by atoms with Crippen LogP contribution >= 0.6 is 0 Å². The SMILES string of the molecule is COc1ccc(C(C)Nc2ncnc3ncccc23)cc1. The molecular formula is C16H16N4O. The van der Waals surface area contributed by atoms with Crippen LogP contribution in [0.3, 0.4) is 0 Å². The van der Waals surface area contributed by atoms with Gasteiger partial charge in [-0.1, -0.05) is 12.1 Å². The van der Waals surface area contributed by atoms with E-state index < -0.39 is 0 Å². The van der Waals surface area contributed by atoms with Crippen molar-refractivity contribution in [3.8, 4) is 5.75 Å². The van der Waals surface area contributed by atoms with Crippen LogP contribution in [0.4, 0.5) is 5.82 Å². The lowest BCUT2D eigenvalue weighted by Gasteiger charge is -2.16. The van der Waals surface area contributed by atoms with Crippen LogP contribution in [0.5, 0.6) is 5.75 Å². The summed E-state index contributed by atoms with van der Waals surface area (Å²) in [6.45, 7) is 2.09. The summed E-state index contributed by atoms with van der Waals surface area (Å²) < 4.78 is 5.18. The van der Waals surface area contributed by atoms with Crippen molar-refractivity contribution in [1.29, 1.82) is 0 Å². The van der Waals surface area contributed by atoms with E-state index in [-0.39, 0.29) is 6.04 Å². The largest absolute Gasteiger partial charge is 0.497 e. The Kier molecular flexibility index (Phi) is 3.64. The Balaban J connectivity index is 1.87. The van der Waals surface area contributed by atoms with Gasteiger partial charge < -0.3 is 10.1 Å². The average Bonchev–Trinajstić information content (AvgIpc) is 2.55. The zero-order valence-electron chi connectivity index (χ0n) is 11.9. The van der Waals surface area contributed by atoms with Crippen LogP contribution in [0.25, 0.3) is 11.0 Å². The minimum Gasteiger partial charge on any atom is -0.497 e. The molecular weight excluding hydrogens is 264 g/mol. The number of benzene rings is 1. The second-order valence-corrected chi connectivity index (χ2v) is 4.74. The van der Waals surface area contributed by atoms with Gasteiger partial charge >= 0.3 is 0 Å². The summed E-state index contributed by atoms with van der Waals surface area (Å²) in [6.07, 6.45) is 3.25. The van der Waals surface area contributed by atoms with Crippen molar-refractivity contribution in [1.82, 2.24) is 15.0 Å². The number of methoxy groups -OCH3 is 1. The van der Waals surface area contributed by atoms with Crippen LogP contribution in [-0.2, 0) is 0 Å². The summed E-state index contributed by atoms with van der Waals surface area (Å²) in [5, 5.41) is 4.32. The van der Waals surface area contributed by atoms with Crippen molar-refractivity contribution >= 4 is 16.9 Å². The molecule has 5 nitrogen and oxygen atoms in total. The third-order valence-electron chi connectivity index (χ3n) is 3.38. The van der Waals surface area contributed by atoms with Crippen molar-refractivity contribution in [2.45, 2.75) is 13.0 Å². The maximum absolute atomic E-state index is 5.18. The molecule has 5 heteroatoms. The van der Waals surface area contributed by atoms with Crippen molar-refractivity contribution < 1.29 is 4.74 Å². The average molecular weight is 280 g/mol. The Morgan fingerprint density at radius 1 is 1.05 bits per heavy atom. The predicted molar refractivity (Wildman–Crippen MR) is 82.4 cm³/mol. The van der Waals surface area contributed by atoms with Gasteiger partial charge in [0.05, 0.1) is 12.5 Å². The number of anilines is 1. The van der Waals surface area contributed by atoms with E-state index >= 15 is 0 Å². The molecule has 21 heavy (non-hydrogen) atoms. The fourth-order valence-electron chi connectivity index (χ4n) is 2.19. The molecule has 1 atom stereocenters. The zero-order chi connectivity index (χ0) is 14.7. The molecule has 0 aliphatic heterocycles. The number of nitrogens with one attached hydrogen (secondary N) is 1. The maximum atomic E-state index is 5.18. The molecule has 1 unspecified atom stereocenters. The molecule has 106 valence electrons. The van der Waals surface area contributed by atoms with Gasteiger partial charge in [-0.2, -0.15) is 0 Å². The van der Waals surface area contributed by atoms with Crippen LogP contribution in [0.2, 0.25) is 0 Å². The summed E-state index contributed by atoms with van der Waals surface area (Å²) in [6, 6.07) is 11.9. The molecule has 1 aromatic carbocycles. The van der Waals surface area contributed by atoms with Crippen LogP contribution in [-0.4, -0.2) is 22.1 Å². The number of aromatic nitrogens is 3. The Bertz CT molecular complexity index is 737. The van der Waals surface area contributed by atoms with E-state index in [0.29, 0.717) is 5.65 Å². The van der Waals surface area contributed by atoms with Crippen molar-refractivity contribution in [2.75, 3.05) is 12.4 Å². The van der Waals surface area contributed by atoms with Gasteiger partial charge in [-0.3, -0.25) is 0 Å². The van der Waals surface area contributed by atoms with Crippen LogP contribution in [0.1, 0.15) is 18.5 Å². The molecule has 2 heterocycles. The number of nitrogens with zero attached hydrogens (tertiary/aromatic N) is 3. The molecule has 0 aliphatic rings.